The average Bonchev–Trinajstić information content (AvgIpc) is 3.21. The summed E-state index contributed by atoms with van der Waals surface area (Å²) >= 11 is 0. The van der Waals surface area contributed by atoms with Gasteiger partial charge in [-0.25, -0.2) is 4.98 Å². The van der Waals surface area contributed by atoms with Gasteiger partial charge in [-0.05, 0) is 61.2 Å². The lowest BCUT2D eigenvalue weighted by atomic mass is 10.0. The summed E-state index contributed by atoms with van der Waals surface area (Å²) in [5.74, 6) is 1.59. The van der Waals surface area contributed by atoms with Gasteiger partial charge in [-0.3, -0.25) is 4.90 Å². The molecule has 5 nitrogen and oxygen atoms in total. The van der Waals surface area contributed by atoms with E-state index in [1.165, 1.54) is 30.5 Å². The standard InChI is InChI=1S/C25H31N3O2/c1-5-6-10-27-11-7-19(8-12-27)20-9-13-28-17-22(26-25(28)15-20)21-14-18(2)23(29-3)16-24(21)30-4/h7,9,13-17H,5-6,8,10-12H2,1-4H3. The molecule has 2 aromatic heterocycles. The molecule has 30 heavy (non-hydrogen) atoms. The summed E-state index contributed by atoms with van der Waals surface area (Å²) in [5.41, 5.74) is 6.58. The number of methoxy groups -OCH3 is 2. The number of aromatic nitrogens is 2. The van der Waals surface area contributed by atoms with E-state index in [1.807, 2.05) is 13.0 Å². The van der Waals surface area contributed by atoms with E-state index in [1.54, 1.807) is 14.2 Å². The highest BCUT2D eigenvalue weighted by Crippen LogP contribution is 2.35. The van der Waals surface area contributed by atoms with Gasteiger partial charge in [0.2, 0.25) is 0 Å². The van der Waals surface area contributed by atoms with Crippen molar-refractivity contribution in [3.05, 3.63) is 53.9 Å². The summed E-state index contributed by atoms with van der Waals surface area (Å²) in [4.78, 5) is 7.44. The number of unbranched alkanes of at least 4 members (excludes halogenated alkanes) is 1. The first-order chi connectivity index (χ1) is 14.6. The van der Waals surface area contributed by atoms with Gasteiger partial charge in [0.25, 0.3) is 0 Å². The molecule has 1 aromatic carbocycles. The molecule has 4 rings (SSSR count). The van der Waals surface area contributed by atoms with Crippen LogP contribution in [0.25, 0.3) is 22.5 Å². The molecule has 0 saturated carbocycles. The summed E-state index contributed by atoms with van der Waals surface area (Å²) in [7, 11) is 3.36. The van der Waals surface area contributed by atoms with Crippen molar-refractivity contribution in [1.29, 1.82) is 0 Å². The smallest absolute Gasteiger partial charge is 0.138 e. The lowest BCUT2D eigenvalue weighted by Crippen LogP contribution is -2.29. The number of benzene rings is 1. The second kappa shape index (κ2) is 8.92. The molecular formula is C25H31N3O2. The highest BCUT2D eigenvalue weighted by atomic mass is 16.5. The van der Waals surface area contributed by atoms with Crippen LogP contribution in [0.5, 0.6) is 11.5 Å². The number of hydrogen-bond acceptors (Lipinski definition) is 4. The Kier molecular flexibility index (Phi) is 6.09. The highest BCUT2D eigenvalue weighted by Gasteiger charge is 2.16. The van der Waals surface area contributed by atoms with Gasteiger partial charge in [0.1, 0.15) is 17.1 Å². The van der Waals surface area contributed by atoms with E-state index in [-0.39, 0.29) is 0 Å². The van der Waals surface area contributed by atoms with Crippen LogP contribution in [-0.2, 0) is 0 Å². The van der Waals surface area contributed by atoms with Crippen LogP contribution in [0.2, 0.25) is 0 Å². The first kappa shape index (κ1) is 20.5. The number of fused-ring (bicyclic) bond motifs is 1. The van der Waals surface area contributed by atoms with Crippen LogP contribution >= 0.6 is 0 Å². The van der Waals surface area contributed by atoms with Crippen LogP contribution in [0, 0.1) is 6.92 Å². The van der Waals surface area contributed by atoms with Gasteiger partial charge in [-0.1, -0.05) is 19.4 Å². The number of hydrogen-bond donors (Lipinski definition) is 0. The van der Waals surface area contributed by atoms with E-state index < -0.39 is 0 Å². The second-order valence-electron chi connectivity index (χ2n) is 7.96. The summed E-state index contributed by atoms with van der Waals surface area (Å²) in [6, 6.07) is 8.40. The molecule has 0 saturated heterocycles. The third kappa shape index (κ3) is 4.08. The van der Waals surface area contributed by atoms with Gasteiger partial charge in [-0.15, -0.1) is 0 Å². The zero-order chi connectivity index (χ0) is 21.1. The minimum Gasteiger partial charge on any atom is -0.496 e. The van der Waals surface area contributed by atoms with Gasteiger partial charge >= 0.3 is 0 Å². The zero-order valence-electron chi connectivity index (χ0n) is 18.4. The van der Waals surface area contributed by atoms with Crippen LogP contribution in [-0.4, -0.2) is 48.1 Å². The van der Waals surface area contributed by atoms with Gasteiger partial charge in [-0.2, -0.15) is 0 Å². The fourth-order valence-electron chi connectivity index (χ4n) is 4.13. The van der Waals surface area contributed by atoms with Gasteiger partial charge in [0.05, 0.1) is 19.9 Å². The summed E-state index contributed by atoms with van der Waals surface area (Å²) in [6.45, 7) is 7.67. The van der Waals surface area contributed by atoms with Crippen LogP contribution in [0.3, 0.4) is 0 Å². The van der Waals surface area contributed by atoms with Crippen molar-refractivity contribution in [3.8, 4) is 22.8 Å². The number of rotatable bonds is 7. The van der Waals surface area contributed by atoms with E-state index in [4.69, 9.17) is 14.5 Å². The minimum absolute atomic E-state index is 0.767. The normalized spacial score (nSPS) is 14.7. The molecule has 3 heterocycles. The van der Waals surface area contributed by atoms with Crippen molar-refractivity contribution in [2.75, 3.05) is 33.9 Å². The monoisotopic (exact) mass is 405 g/mol. The molecular weight excluding hydrogens is 374 g/mol. The SMILES string of the molecule is CCCCN1CC=C(c2ccn3cc(-c4cc(C)c(OC)cc4OC)nc3c2)CC1. The topological polar surface area (TPSA) is 39.0 Å². The van der Waals surface area contributed by atoms with Gasteiger partial charge in [0, 0.05) is 37.1 Å². The Morgan fingerprint density at radius 1 is 1.10 bits per heavy atom. The van der Waals surface area contributed by atoms with Crippen molar-refractivity contribution in [2.24, 2.45) is 0 Å². The lowest BCUT2D eigenvalue weighted by molar-refractivity contribution is 0.297. The number of nitrogens with zero attached hydrogens (tertiary/aromatic N) is 3. The maximum atomic E-state index is 5.61. The van der Waals surface area contributed by atoms with Crippen LogP contribution in [0.4, 0.5) is 0 Å². The Morgan fingerprint density at radius 2 is 1.93 bits per heavy atom. The number of pyridine rings is 1. The molecule has 0 N–H and O–H groups in total. The van der Waals surface area contributed by atoms with Gasteiger partial charge < -0.3 is 13.9 Å². The molecule has 0 atom stereocenters. The zero-order valence-corrected chi connectivity index (χ0v) is 18.4. The predicted octanol–water partition coefficient (Wildman–Crippen LogP) is 5.22. The molecule has 1 aliphatic rings. The summed E-state index contributed by atoms with van der Waals surface area (Å²) < 4.78 is 13.1. The summed E-state index contributed by atoms with van der Waals surface area (Å²) in [5, 5.41) is 0. The van der Waals surface area contributed by atoms with Crippen molar-refractivity contribution >= 4 is 11.2 Å². The van der Waals surface area contributed by atoms with Crippen molar-refractivity contribution in [1.82, 2.24) is 14.3 Å². The fourth-order valence-corrected chi connectivity index (χ4v) is 4.13. The predicted molar refractivity (Wildman–Crippen MR) is 122 cm³/mol. The first-order valence-electron chi connectivity index (χ1n) is 10.8. The van der Waals surface area contributed by atoms with Crippen LogP contribution in [0.15, 0.2) is 42.7 Å². The Balaban J connectivity index is 1.63. The average molecular weight is 406 g/mol. The Bertz CT molecular complexity index is 1070. The van der Waals surface area contributed by atoms with Crippen molar-refractivity contribution < 1.29 is 9.47 Å². The van der Waals surface area contributed by atoms with Crippen LogP contribution < -0.4 is 9.47 Å². The van der Waals surface area contributed by atoms with Crippen molar-refractivity contribution in [3.63, 3.8) is 0 Å². The third-order valence-corrected chi connectivity index (χ3v) is 5.95. The third-order valence-electron chi connectivity index (χ3n) is 5.95. The number of ether oxygens (including phenoxy) is 2. The molecule has 0 unspecified atom stereocenters. The molecule has 0 amide bonds. The minimum atomic E-state index is 0.767. The second-order valence-corrected chi connectivity index (χ2v) is 7.96. The van der Waals surface area contributed by atoms with E-state index >= 15 is 0 Å². The Hall–Kier alpha value is -2.79. The van der Waals surface area contributed by atoms with Crippen molar-refractivity contribution in [2.45, 2.75) is 33.1 Å². The highest BCUT2D eigenvalue weighted by molar-refractivity contribution is 5.74. The largest absolute Gasteiger partial charge is 0.496 e. The maximum absolute atomic E-state index is 5.61. The molecule has 0 spiro atoms. The van der Waals surface area contributed by atoms with E-state index in [0.717, 1.165) is 53.5 Å². The molecule has 0 fully saturated rings. The van der Waals surface area contributed by atoms with E-state index in [0.29, 0.717) is 0 Å². The Morgan fingerprint density at radius 3 is 2.63 bits per heavy atom. The molecule has 1 aliphatic heterocycles. The molecule has 3 aromatic rings. The lowest BCUT2D eigenvalue weighted by Gasteiger charge is -2.26. The molecule has 0 radical (unpaired) electrons. The van der Waals surface area contributed by atoms with Crippen LogP contribution in [0.1, 0.15) is 37.3 Å². The van der Waals surface area contributed by atoms with E-state index in [2.05, 4.69) is 52.9 Å². The molecule has 0 aliphatic carbocycles. The van der Waals surface area contributed by atoms with E-state index in [9.17, 15) is 0 Å². The maximum Gasteiger partial charge on any atom is 0.138 e. The molecule has 5 heteroatoms. The number of aryl methyl sites for hydroxylation is 1. The van der Waals surface area contributed by atoms with Gasteiger partial charge in [0.15, 0.2) is 0 Å². The summed E-state index contributed by atoms with van der Waals surface area (Å²) in [6.07, 6.45) is 10.2. The quantitative estimate of drug-likeness (QED) is 0.540. The fraction of sp³-hybridized carbons (Fsp3) is 0.400. The number of imidazole rings is 1. The molecule has 0 bridgehead atoms. The first-order valence-corrected chi connectivity index (χ1v) is 10.8. The Labute approximate surface area is 178 Å². The molecule has 158 valence electrons.